The molecule has 0 radical (unpaired) electrons. The average molecular weight is 257 g/mol. The standard InChI is InChI=1S/C13H15N5O/c19-13(5-10-6-15-7-10)17-11-1-2-12(16-8-11)18-4-3-14-9-18/h1-4,8-10,15H,5-7H2,(H,17,19). The van der Waals surface area contributed by atoms with Crippen LogP contribution in [0.25, 0.3) is 5.82 Å². The van der Waals surface area contributed by atoms with Crippen molar-refractivity contribution in [3.8, 4) is 5.82 Å². The van der Waals surface area contributed by atoms with Crippen LogP contribution < -0.4 is 10.6 Å². The number of imidazole rings is 1. The van der Waals surface area contributed by atoms with Gasteiger partial charge in [-0.2, -0.15) is 0 Å². The molecule has 1 amide bonds. The molecule has 1 fully saturated rings. The average Bonchev–Trinajstić information content (AvgIpc) is 2.89. The van der Waals surface area contributed by atoms with E-state index < -0.39 is 0 Å². The molecule has 3 rings (SSSR count). The number of amides is 1. The van der Waals surface area contributed by atoms with Crippen molar-refractivity contribution in [1.29, 1.82) is 0 Å². The zero-order valence-corrected chi connectivity index (χ0v) is 10.4. The fourth-order valence-electron chi connectivity index (χ4n) is 1.97. The lowest BCUT2D eigenvalue weighted by atomic mass is 9.99. The minimum absolute atomic E-state index is 0.0451. The van der Waals surface area contributed by atoms with Crippen molar-refractivity contribution < 1.29 is 4.79 Å². The quantitative estimate of drug-likeness (QED) is 0.850. The Labute approximate surface area is 110 Å². The summed E-state index contributed by atoms with van der Waals surface area (Å²) in [6.45, 7) is 1.87. The Morgan fingerprint density at radius 3 is 2.95 bits per heavy atom. The van der Waals surface area contributed by atoms with E-state index in [1.165, 1.54) is 0 Å². The van der Waals surface area contributed by atoms with Gasteiger partial charge < -0.3 is 10.6 Å². The van der Waals surface area contributed by atoms with E-state index in [1.807, 2.05) is 22.9 Å². The number of nitrogens with one attached hydrogen (secondary N) is 2. The first-order chi connectivity index (χ1) is 9.31. The number of carbonyl (C=O) groups excluding carboxylic acids is 1. The highest BCUT2D eigenvalue weighted by atomic mass is 16.1. The summed E-state index contributed by atoms with van der Waals surface area (Å²) < 4.78 is 1.81. The van der Waals surface area contributed by atoms with Gasteiger partial charge in [-0.3, -0.25) is 9.36 Å². The van der Waals surface area contributed by atoms with E-state index in [4.69, 9.17) is 0 Å². The minimum atomic E-state index is 0.0451. The van der Waals surface area contributed by atoms with Gasteiger partial charge in [0.25, 0.3) is 0 Å². The molecule has 0 aromatic carbocycles. The second kappa shape index (κ2) is 5.19. The van der Waals surface area contributed by atoms with Gasteiger partial charge >= 0.3 is 0 Å². The third-order valence-electron chi connectivity index (χ3n) is 3.14. The third kappa shape index (κ3) is 2.79. The summed E-state index contributed by atoms with van der Waals surface area (Å²) in [5, 5.41) is 6.01. The molecule has 0 aliphatic carbocycles. The highest BCUT2D eigenvalue weighted by Gasteiger charge is 2.19. The van der Waals surface area contributed by atoms with Crippen molar-refractivity contribution in [2.75, 3.05) is 18.4 Å². The predicted octanol–water partition coefficient (Wildman–Crippen LogP) is 0.815. The second-order valence-corrected chi connectivity index (χ2v) is 4.65. The largest absolute Gasteiger partial charge is 0.325 e. The van der Waals surface area contributed by atoms with Gasteiger partial charge in [-0.1, -0.05) is 0 Å². The summed E-state index contributed by atoms with van der Waals surface area (Å²) in [4.78, 5) is 20.0. The lowest BCUT2D eigenvalue weighted by Gasteiger charge is -2.26. The number of rotatable bonds is 4. The molecule has 2 N–H and O–H groups in total. The second-order valence-electron chi connectivity index (χ2n) is 4.65. The molecule has 1 aliphatic heterocycles. The Balaban J connectivity index is 1.61. The summed E-state index contributed by atoms with van der Waals surface area (Å²) in [5.41, 5.74) is 0.723. The van der Waals surface area contributed by atoms with Gasteiger partial charge in [-0.15, -0.1) is 0 Å². The first-order valence-electron chi connectivity index (χ1n) is 6.26. The number of pyridine rings is 1. The SMILES string of the molecule is O=C(CC1CNC1)Nc1ccc(-n2ccnc2)nc1. The van der Waals surface area contributed by atoms with Gasteiger partial charge in [0.15, 0.2) is 0 Å². The van der Waals surface area contributed by atoms with Crippen LogP contribution in [-0.2, 0) is 4.79 Å². The molecule has 2 aromatic rings. The Morgan fingerprint density at radius 2 is 2.37 bits per heavy atom. The van der Waals surface area contributed by atoms with Crippen LogP contribution in [0.1, 0.15) is 6.42 Å². The topological polar surface area (TPSA) is 71.8 Å². The molecule has 0 spiro atoms. The summed E-state index contributed by atoms with van der Waals surface area (Å²) in [5.74, 6) is 1.29. The summed E-state index contributed by atoms with van der Waals surface area (Å²) in [6, 6.07) is 3.70. The molecular formula is C13H15N5O. The zero-order chi connectivity index (χ0) is 13.1. The molecule has 0 unspecified atom stereocenters. The first-order valence-corrected chi connectivity index (χ1v) is 6.26. The van der Waals surface area contributed by atoms with E-state index in [-0.39, 0.29) is 5.91 Å². The number of aromatic nitrogens is 3. The van der Waals surface area contributed by atoms with E-state index in [9.17, 15) is 4.79 Å². The maximum Gasteiger partial charge on any atom is 0.224 e. The number of nitrogens with zero attached hydrogens (tertiary/aromatic N) is 3. The monoisotopic (exact) mass is 257 g/mol. The maximum absolute atomic E-state index is 11.7. The fraction of sp³-hybridized carbons (Fsp3) is 0.308. The van der Waals surface area contributed by atoms with Crippen LogP contribution in [0, 0.1) is 5.92 Å². The van der Waals surface area contributed by atoms with Crippen LogP contribution in [0.15, 0.2) is 37.1 Å². The predicted molar refractivity (Wildman–Crippen MR) is 71.0 cm³/mol. The van der Waals surface area contributed by atoms with Crippen molar-refractivity contribution in [3.05, 3.63) is 37.1 Å². The molecule has 19 heavy (non-hydrogen) atoms. The van der Waals surface area contributed by atoms with Crippen LogP contribution >= 0.6 is 0 Å². The van der Waals surface area contributed by atoms with E-state index in [2.05, 4.69) is 20.6 Å². The van der Waals surface area contributed by atoms with Gasteiger partial charge in [-0.05, 0) is 31.1 Å². The number of hydrogen-bond acceptors (Lipinski definition) is 4. The minimum Gasteiger partial charge on any atom is -0.325 e. The highest BCUT2D eigenvalue weighted by molar-refractivity contribution is 5.90. The van der Waals surface area contributed by atoms with Crippen molar-refractivity contribution >= 4 is 11.6 Å². The Bertz CT molecular complexity index is 545. The summed E-state index contributed by atoms with van der Waals surface area (Å²) in [6.07, 6.45) is 7.43. The van der Waals surface area contributed by atoms with Crippen LogP contribution in [0.2, 0.25) is 0 Å². The number of hydrogen-bond donors (Lipinski definition) is 2. The highest BCUT2D eigenvalue weighted by Crippen LogP contribution is 2.13. The van der Waals surface area contributed by atoms with Crippen molar-refractivity contribution in [1.82, 2.24) is 19.9 Å². The van der Waals surface area contributed by atoms with E-state index in [1.54, 1.807) is 18.7 Å². The fourth-order valence-corrected chi connectivity index (χ4v) is 1.97. The van der Waals surface area contributed by atoms with E-state index >= 15 is 0 Å². The first kappa shape index (κ1) is 11.9. The van der Waals surface area contributed by atoms with Crippen LogP contribution in [0.5, 0.6) is 0 Å². The van der Waals surface area contributed by atoms with Crippen LogP contribution in [0.4, 0.5) is 5.69 Å². The smallest absolute Gasteiger partial charge is 0.224 e. The van der Waals surface area contributed by atoms with Gasteiger partial charge in [-0.25, -0.2) is 9.97 Å². The van der Waals surface area contributed by atoms with Gasteiger partial charge in [0.05, 0.1) is 11.9 Å². The van der Waals surface area contributed by atoms with E-state index in [0.717, 1.165) is 24.6 Å². The molecular weight excluding hydrogens is 242 g/mol. The zero-order valence-electron chi connectivity index (χ0n) is 10.4. The van der Waals surface area contributed by atoms with Crippen molar-refractivity contribution in [3.63, 3.8) is 0 Å². The normalized spacial score (nSPS) is 14.9. The molecule has 1 aliphatic rings. The molecule has 2 aromatic heterocycles. The summed E-state index contributed by atoms with van der Waals surface area (Å²) in [7, 11) is 0. The van der Waals surface area contributed by atoms with Crippen molar-refractivity contribution in [2.45, 2.75) is 6.42 Å². The molecule has 98 valence electrons. The van der Waals surface area contributed by atoms with Gasteiger partial charge in [0.2, 0.25) is 5.91 Å². The molecule has 0 atom stereocenters. The Hall–Kier alpha value is -2.21. The molecule has 6 heteroatoms. The van der Waals surface area contributed by atoms with Crippen LogP contribution in [0.3, 0.4) is 0 Å². The molecule has 0 bridgehead atoms. The molecule has 3 heterocycles. The molecule has 1 saturated heterocycles. The van der Waals surface area contributed by atoms with E-state index in [0.29, 0.717) is 12.3 Å². The van der Waals surface area contributed by atoms with Gasteiger partial charge in [0.1, 0.15) is 12.1 Å². The maximum atomic E-state index is 11.7. The Morgan fingerprint density at radius 1 is 1.47 bits per heavy atom. The lowest BCUT2D eigenvalue weighted by molar-refractivity contribution is -0.117. The van der Waals surface area contributed by atoms with Crippen LogP contribution in [-0.4, -0.2) is 33.5 Å². The Kier molecular flexibility index (Phi) is 3.24. The molecule has 0 saturated carbocycles. The lowest BCUT2D eigenvalue weighted by Crippen LogP contribution is -2.43. The van der Waals surface area contributed by atoms with Crippen molar-refractivity contribution in [2.24, 2.45) is 5.92 Å². The summed E-state index contributed by atoms with van der Waals surface area (Å²) >= 11 is 0. The number of anilines is 1. The van der Waals surface area contributed by atoms with Gasteiger partial charge in [0, 0.05) is 18.8 Å². The third-order valence-corrected chi connectivity index (χ3v) is 3.14. The number of carbonyl (C=O) groups is 1. The molecule has 6 nitrogen and oxygen atoms in total.